The van der Waals surface area contributed by atoms with Crippen LogP contribution in [0.4, 0.5) is 0 Å². The van der Waals surface area contributed by atoms with Gasteiger partial charge < -0.3 is 25.0 Å². The maximum atomic E-state index is 11.3. The standard InChI is InChI=1S/C11H23NO5/c1-12(2)5-3-10(16)17-6-4-11(7-13,8-14)9-15/h13-15H,3-9H2,1-2H3. The van der Waals surface area contributed by atoms with E-state index in [2.05, 4.69) is 0 Å². The predicted octanol–water partition coefficient (Wildman–Crippen LogP) is -1.17. The summed E-state index contributed by atoms with van der Waals surface area (Å²) in [6, 6.07) is 0. The van der Waals surface area contributed by atoms with Crippen LogP contribution >= 0.6 is 0 Å². The van der Waals surface area contributed by atoms with Gasteiger partial charge in [0.05, 0.1) is 32.8 Å². The number of aliphatic hydroxyl groups excluding tert-OH is 3. The lowest BCUT2D eigenvalue weighted by Gasteiger charge is -2.26. The van der Waals surface area contributed by atoms with Crippen molar-refractivity contribution >= 4 is 5.97 Å². The summed E-state index contributed by atoms with van der Waals surface area (Å²) in [6.45, 7) is -0.308. The molecule has 6 nitrogen and oxygen atoms in total. The van der Waals surface area contributed by atoms with Crippen molar-refractivity contribution in [3.05, 3.63) is 0 Å². The molecule has 0 amide bonds. The van der Waals surface area contributed by atoms with Gasteiger partial charge in [0.1, 0.15) is 0 Å². The molecule has 0 spiro atoms. The van der Waals surface area contributed by atoms with Crippen molar-refractivity contribution in [2.24, 2.45) is 5.41 Å². The number of ether oxygens (including phenoxy) is 1. The van der Waals surface area contributed by atoms with Crippen LogP contribution in [0.1, 0.15) is 12.8 Å². The van der Waals surface area contributed by atoms with Crippen LogP contribution in [0.5, 0.6) is 0 Å². The fourth-order valence-electron chi connectivity index (χ4n) is 1.16. The summed E-state index contributed by atoms with van der Waals surface area (Å²) in [7, 11) is 3.73. The second kappa shape index (κ2) is 8.41. The van der Waals surface area contributed by atoms with E-state index >= 15 is 0 Å². The molecule has 0 aliphatic heterocycles. The van der Waals surface area contributed by atoms with Crippen LogP contribution in [0.25, 0.3) is 0 Å². The molecule has 0 heterocycles. The lowest BCUT2D eigenvalue weighted by molar-refractivity contribution is -0.145. The predicted molar refractivity (Wildman–Crippen MR) is 62.4 cm³/mol. The lowest BCUT2D eigenvalue weighted by Crippen LogP contribution is -2.35. The van der Waals surface area contributed by atoms with Gasteiger partial charge in [0.2, 0.25) is 0 Å². The number of esters is 1. The molecule has 0 unspecified atom stereocenters. The van der Waals surface area contributed by atoms with Gasteiger partial charge in [-0.2, -0.15) is 0 Å². The highest BCUT2D eigenvalue weighted by Gasteiger charge is 2.28. The average Bonchev–Trinajstić information content (AvgIpc) is 2.33. The van der Waals surface area contributed by atoms with Crippen LogP contribution < -0.4 is 0 Å². The highest BCUT2D eigenvalue weighted by atomic mass is 16.5. The van der Waals surface area contributed by atoms with E-state index in [1.165, 1.54) is 0 Å². The fourth-order valence-corrected chi connectivity index (χ4v) is 1.16. The Labute approximate surface area is 102 Å². The van der Waals surface area contributed by atoms with Gasteiger partial charge in [-0.05, 0) is 20.5 Å². The van der Waals surface area contributed by atoms with Gasteiger partial charge in [0, 0.05) is 12.0 Å². The van der Waals surface area contributed by atoms with Crippen LogP contribution in [0, 0.1) is 5.41 Å². The van der Waals surface area contributed by atoms with E-state index in [-0.39, 0.29) is 38.8 Å². The Balaban J connectivity index is 3.85. The number of aliphatic hydroxyl groups is 3. The van der Waals surface area contributed by atoms with Gasteiger partial charge in [-0.3, -0.25) is 4.79 Å². The third-order valence-electron chi connectivity index (χ3n) is 2.66. The monoisotopic (exact) mass is 249 g/mol. The minimum atomic E-state index is -0.970. The first-order valence-electron chi connectivity index (χ1n) is 5.62. The fraction of sp³-hybridized carbons (Fsp3) is 0.909. The Kier molecular flexibility index (Phi) is 8.07. The van der Waals surface area contributed by atoms with Gasteiger partial charge in [0.15, 0.2) is 0 Å². The molecule has 0 saturated carbocycles. The average molecular weight is 249 g/mol. The van der Waals surface area contributed by atoms with Gasteiger partial charge in [0.25, 0.3) is 0 Å². The van der Waals surface area contributed by atoms with Gasteiger partial charge in [-0.15, -0.1) is 0 Å². The van der Waals surface area contributed by atoms with E-state index in [1.54, 1.807) is 0 Å². The molecule has 3 N–H and O–H groups in total. The first-order valence-corrected chi connectivity index (χ1v) is 5.62. The van der Waals surface area contributed by atoms with Gasteiger partial charge in [-0.25, -0.2) is 0 Å². The molecule has 102 valence electrons. The number of carbonyl (C=O) groups excluding carboxylic acids is 1. The summed E-state index contributed by atoms with van der Waals surface area (Å²) in [4.78, 5) is 13.1. The highest BCUT2D eigenvalue weighted by molar-refractivity contribution is 5.69. The second-order valence-corrected chi connectivity index (χ2v) is 4.50. The molecule has 0 aliphatic carbocycles. The maximum Gasteiger partial charge on any atom is 0.307 e. The number of hydrogen-bond donors (Lipinski definition) is 3. The van der Waals surface area contributed by atoms with Crippen molar-refractivity contribution in [1.82, 2.24) is 4.90 Å². The molecule has 0 fully saturated rings. The maximum absolute atomic E-state index is 11.3. The molecule has 0 bridgehead atoms. The van der Waals surface area contributed by atoms with Crippen molar-refractivity contribution in [2.45, 2.75) is 12.8 Å². The molecule has 6 heteroatoms. The van der Waals surface area contributed by atoms with Crippen molar-refractivity contribution in [1.29, 1.82) is 0 Å². The highest BCUT2D eigenvalue weighted by Crippen LogP contribution is 2.19. The second-order valence-electron chi connectivity index (χ2n) is 4.50. The molecular formula is C11H23NO5. The number of carbonyl (C=O) groups is 1. The zero-order valence-corrected chi connectivity index (χ0v) is 10.6. The first-order chi connectivity index (χ1) is 7.99. The van der Waals surface area contributed by atoms with Crippen molar-refractivity contribution in [3.8, 4) is 0 Å². The first kappa shape index (κ1) is 16.3. The Bertz CT molecular complexity index is 208. The molecule has 0 aromatic carbocycles. The normalized spacial score (nSPS) is 11.9. The Hall–Kier alpha value is -0.690. The zero-order chi connectivity index (χ0) is 13.3. The Morgan fingerprint density at radius 2 is 1.71 bits per heavy atom. The van der Waals surface area contributed by atoms with E-state index in [0.717, 1.165) is 0 Å². The van der Waals surface area contributed by atoms with E-state index in [4.69, 9.17) is 20.1 Å². The Morgan fingerprint density at radius 1 is 1.18 bits per heavy atom. The molecule has 17 heavy (non-hydrogen) atoms. The van der Waals surface area contributed by atoms with Gasteiger partial charge >= 0.3 is 5.97 Å². The Morgan fingerprint density at radius 3 is 2.12 bits per heavy atom. The van der Waals surface area contributed by atoms with E-state index in [1.807, 2.05) is 19.0 Å². The number of rotatable bonds is 9. The van der Waals surface area contributed by atoms with Crippen LogP contribution in [-0.2, 0) is 9.53 Å². The summed E-state index contributed by atoms with van der Waals surface area (Å²) in [5.74, 6) is -0.318. The summed E-state index contributed by atoms with van der Waals surface area (Å²) in [6.07, 6.45) is 0.543. The molecule has 0 aliphatic rings. The third-order valence-corrected chi connectivity index (χ3v) is 2.66. The van der Waals surface area contributed by atoms with Crippen molar-refractivity contribution < 1.29 is 24.9 Å². The minimum absolute atomic E-state index is 0.0912. The summed E-state index contributed by atoms with van der Waals surface area (Å²) in [5.41, 5.74) is -0.970. The SMILES string of the molecule is CN(C)CCC(=O)OCCC(CO)(CO)CO. The van der Waals surface area contributed by atoms with Crippen LogP contribution in [0.15, 0.2) is 0 Å². The molecule has 0 aromatic heterocycles. The summed E-state index contributed by atoms with van der Waals surface area (Å²) >= 11 is 0. The van der Waals surface area contributed by atoms with E-state index in [9.17, 15) is 4.79 Å². The molecule has 0 radical (unpaired) electrons. The van der Waals surface area contributed by atoms with Crippen molar-refractivity contribution in [3.63, 3.8) is 0 Å². The zero-order valence-electron chi connectivity index (χ0n) is 10.6. The molecule has 0 rings (SSSR count). The van der Waals surface area contributed by atoms with Crippen LogP contribution in [0.2, 0.25) is 0 Å². The number of nitrogens with zero attached hydrogens (tertiary/aromatic N) is 1. The molecule has 0 atom stereocenters. The smallest absolute Gasteiger partial charge is 0.307 e. The van der Waals surface area contributed by atoms with Gasteiger partial charge in [-0.1, -0.05) is 0 Å². The quantitative estimate of drug-likeness (QED) is 0.446. The topological polar surface area (TPSA) is 90.2 Å². The van der Waals surface area contributed by atoms with E-state index in [0.29, 0.717) is 13.0 Å². The molecule has 0 saturated heterocycles. The minimum Gasteiger partial charge on any atom is -0.466 e. The summed E-state index contributed by atoms with van der Waals surface area (Å²) in [5, 5.41) is 27.2. The summed E-state index contributed by atoms with van der Waals surface area (Å²) < 4.78 is 4.95. The van der Waals surface area contributed by atoms with Crippen LogP contribution in [-0.4, -0.2) is 73.3 Å². The van der Waals surface area contributed by atoms with E-state index < -0.39 is 5.41 Å². The molecule has 0 aromatic rings. The third kappa shape index (κ3) is 6.58. The van der Waals surface area contributed by atoms with Crippen molar-refractivity contribution in [2.75, 3.05) is 47.1 Å². The molecular weight excluding hydrogens is 226 g/mol. The number of hydrogen-bond acceptors (Lipinski definition) is 6. The van der Waals surface area contributed by atoms with Crippen LogP contribution in [0.3, 0.4) is 0 Å². The largest absolute Gasteiger partial charge is 0.466 e. The lowest BCUT2D eigenvalue weighted by atomic mass is 9.88.